The first-order valence-electron chi connectivity index (χ1n) is 11.9. The van der Waals surface area contributed by atoms with Crippen LogP contribution in [0.1, 0.15) is 41.6 Å². The quantitative estimate of drug-likeness (QED) is 0.600. The molecule has 2 aliphatic rings. The van der Waals surface area contributed by atoms with Crippen LogP contribution < -0.4 is 9.47 Å². The Morgan fingerprint density at radius 2 is 1.47 bits per heavy atom. The van der Waals surface area contributed by atoms with Crippen LogP contribution in [-0.4, -0.2) is 74.2 Å². The van der Waals surface area contributed by atoms with Crippen LogP contribution >= 0.6 is 0 Å². The average Bonchev–Trinajstić information content (AvgIpc) is 3.18. The van der Waals surface area contributed by atoms with Gasteiger partial charge in [-0.15, -0.1) is 0 Å². The number of nitrogens with zero attached hydrogens (tertiary/aromatic N) is 3. The minimum absolute atomic E-state index is 0.139. The van der Waals surface area contributed by atoms with E-state index < -0.39 is 10.2 Å². The topological polar surface area (TPSA) is 79.4 Å². The fraction of sp³-hybridized carbons (Fsp3) is 0.480. The molecular weight excluding hydrogens is 454 g/mol. The van der Waals surface area contributed by atoms with E-state index in [1.165, 1.54) is 4.31 Å². The number of ether oxygens (including phenoxy) is 2. The minimum atomic E-state index is -3.48. The van der Waals surface area contributed by atoms with Crippen molar-refractivity contribution in [3.8, 4) is 11.5 Å². The van der Waals surface area contributed by atoms with Gasteiger partial charge < -0.3 is 14.4 Å². The highest BCUT2D eigenvalue weighted by molar-refractivity contribution is 7.86. The summed E-state index contributed by atoms with van der Waals surface area (Å²) >= 11 is 0. The highest BCUT2D eigenvalue weighted by atomic mass is 32.2. The van der Waals surface area contributed by atoms with Crippen molar-refractivity contribution in [3.05, 3.63) is 59.7 Å². The largest absolute Gasteiger partial charge is 0.493 e. The van der Waals surface area contributed by atoms with E-state index in [1.807, 2.05) is 30.3 Å². The molecule has 2 heterocycles. The number of hydrogen-bond donors (Lipinski definition) is 0. The van der Waals surface area contributed by atoms with Gasteiger partial charge in [-0.1, -0.05) is 43.2 Å². The van der Waals surface area contributed by atoms with Gasteiger partial charge in [0.15, 0.2) is 11.5 Å². The summed E-state index contributed by atoms with van der Waals surface area (Å²) in [6.45, 7) is 2.90. The maximum absolute atomic E-state index is 13.1. The van der Waals surface area contributed by atoms with Gasteiger partial charge in [-0.25, -0.2) is 0 Å². The van der Waals surface area contributed by atoms with Gasteiger partial charge in [0.25, 0.3) is 16.1 Å². The van der Waals surface area contributed by atoms with Crippen LogP contribution in [0, 0.1) is 0 Å². The van der Waals surface area contributed by atoms with Crippen molar-refractivity contribution in [2.24, 2.45) is 0 Å². The zero-order chi connectivity index (χ0) is 24.0. The van der Waals surface area contributed by atoms with Crippen LogP contribution in [0.3, 0.4) is 0 Å². The normalized spacial score (nSPS) is 18.3. The molecule has 0 bridgehead atoms. The first-order chi connectivity index (χ1) is 16.5. The summed E-state index contributed by atoms with van der Waals surface area (Å²) in [7, 11) is -1.93. The van der Waals surface area contributed by atoms with E-state index in [2.05, 4.69) is 0 Å². The number of hydrogen-bond acceptors (Lipinski definition) is 5. The third kappa shape index (κ3) is 5.71. The molecular formula is C25H33N3O5S. The van der Waals surface area contributed by atoms with E-state index in [0.29, 0.717) is 62.9 Å². The molecule has 0 aromatic heterocycles. The molecule has 0 radical (unpaired) electrons. The van der Waals surface area contributed by atoms with Crippen LogP contribution in [-0.2, 0) is 16.8 Å². The van der Waals surface area contributed by atoms with E-state index >= 15 is 0 Å². The van der Waals surface area contributed by atoms with E-state index in [9.17, 15) is 13.2 Å². The van der Waals surface area contributed by atoms with Gasteiger partial charge in [0, 0.05) is 44.8 Å². The second kappa shape index (κ2) is 11.2. The predicted octanol–water partition coefficient (Wildman–Crippen LogP) is 3.15. The Labute approximate surface area is 202 Å². The third-order valence-electron chi connectivity index (χ3n) is 6.39. The minimum Gasteiger partial charge on any atom is -0.493 e. The van der Waals surface area contributed by atoms with Crippen molar-refractivity contribution in [3.63, 3.8) is 0 Å². The van der Waals surface area contributed by atoms with Gasteiger partial charge in [0.1, 0.15) is 6.61 Å². The number of methoxy groups -OCH3 is 1. The lowest BCUT2D eigenvalue weighted by Gasteiger charge is -2.36. The lowest BCUT2D eigenvalue weighted by atomic mass is 10.1. The van der Waals surface area contributed by atoms with Crippen LogP contribution in [0.2, 0.25) is 0 Å². The molecule has 184 valence electrons. The van der Waals surface area contributed by atoms with Crippen molar-refractivity contribution in [2.75, 3.05) is 46.4 Å². The number of carbonyl (C=O) groups excluding carboxylic acids is 1. The zero-order valence-corrected chi connectivity index (χ0v) is 20.5. The standard InChI is InChI=1S/C25H33N3O5S/c1-32-24-19-22(11-12-23(24)33-20-21-9-5-4-6-10-21)25(29)26-15-17-28(18-16-26)34(30,31)27-13-7-2-3-8-14-27/h4-6,9-12,19H,2-3,7-8,13-18,20H2,1H3. The maximum Gasteiger partial charge on any atom is 0.282 e. The van der Waals surface area contributed by atoms with E-state index in [0.717, 1.165) is 31.2 Å². The molecule has 4 rings (SSSR count). The molecule has 0 spiro atoms. The van der Waals surface area contributed by atoms with Gasteiger partial charge in [-0.05, 0) is 36.6 Å². The lowest BCUT2D eigenvalue weighted by molar-refractivity contribution is 0.0693. The summed E-state index contributed by atoms with van der Waals surface area (Å²) in [4.78, 5) is 14.8. The molecule has 0 unspecified atom stereocenters. The molecule has 9 heteroatoms. The predicted molar refractivity (Wildman–Crippen MR) is 130 cm³/mol. The highest BCUT2D eigenvalue weighted by Crippen LogP contribution is 2.29. The second-order valence-electron chi connectivity index (χ2n) is 8.65. The summed E-state index contributed by atoms with van der Waals surface area (Å²) in [5, 5.41) is 0. The SMILES string of the molecule is COc1cc(C(=O)N2CCN(S(=O)(=O)N3CCCCCC3)CC2)ccc1OCc1ccccc1. The van der Waals surface area contributed by atoms with Gasteiger partial charge in [0.2, 0.25) is 0 Å². The highest BCUT2D eigenvalue weighted by Gasteiger charge is 2.33. The smallest absolute Gasteiger partial charge is 0.282 e. The number of rotatable bonds is 7. The summed E-state index contributed by atoms with van der Waals surface area (Å²) in [5.74, 6) is 0.917. The van der Waals surface area contributed by atoms with Gasteiger partial charge >= 0.3 is 0 Å². The Morgan fingerprint density at radius 3 is 2.12 bits per heavy atom. The molecule has 8 nitrogen and oxygen atoms in total. The lowest BCUT2D eigenvalue weighted by Crippen LogP contribution is -2.54. The molecule has 0 atom stereocenters. The summed E-state index contributed by atoms with van der Waals surface area (Å²) in [6.07, 6.45) is 3.97. The van der Waals surface area contributed by atoms with Crippen molar-refractivity contribution in [1.82, 2.24) is 13.5 Å². The monoisotopic (exact) mass is 487 g/mol. The van der Waals surface area contributed by atoms with Gasteiger partial charge in [-0.3, -0.25) is 4.79 Å². The Bertz CT molecular complexity index is 1060. The van der Waals surface area contributed by atoms with Crippen molar-refractivity contribution >= 4 is 16.1 Å². The van der Waals surface area contributed by atoms with Crippen LogP contribution in [0.4, 0.5) is 0 Å². The molecule has 0 N–H and O–H groups in total. The number of piperazine rings is 1. The fourth-order valence-electron chi connectivity index (χ4n) is 4.40. The van der Waals surface area contributed by atoms with Crippen LogP contribution in [0.15, 0.2) is 48.5 Å². The van der Waals surface area contributed by atoms with Crippen LogP contribution in [0.5, 0.6) is 11.5 Å². The van der Waals surface area contributed by atoms with Crippen molar-refractivity contribution < 1.29 is 22.7 Å². The van der Waals surface area contributed by atoms with E-state index in [1.54, 1.807) is 34.5 Å². The Hall–Kier alpha value is -2.62. The van der Waals surface area contributed by atoms with Crippen molar-refractivity contribution in [2.45, 2.75) is 32.3 Å². The first kappa shape index (κ1) is 24.5. The van der Waals surface area contributed by atoms with E-state index in [-0.39, 0.29) is 5.91 Å². The number of amides is 1. The number of benzene rings is 2. The molecule has 2 fully saturated rings. The molecule has 1 amide bonds. The van der Waals surface area contributed by atoms with Gasteiger partial charge in [0.05, 0.1) is 7.11 Å². The average molecular weight is 488 g/mol. The first-order valence-corrected chi connectivity index (χ1v) is 13.3. The maximum atomic E-state index is 13.1. The third-order valence-corrected chi connectivity index (χ3v) is 8.43. The molecule has 0 aliphatic carbocycles. The Kier molecular flexibility index (Phi) is 8.07. The molecule has 2 aliphatic heterocycles. The van der Waals surface area contributed by atoms with Crippen LogP contribution in [0.25, 0.3) is 0 Å². The summed E-state index contributed by atoms with van der Waals surface area (Å²) in [5.41, 5.74) is 1.53. The molecule has 34 heavy (non-hydrogen) atoms. The summed E-state index contributed by atoms with van der Waals surface area (Å²) in [6, 6.07) is 15.0. The number of carbonyl (C=O) groups is 1. The van der Waals surface area contributed by atoms with Crippen molar-refractivity contribution in [1.29, 1.82) is 0 Å². The summed E-state index contributed by atoms with van der Waals surface area (Å²) < 4.78 is 40.6. The Morgan fingerprint density at radius 1 is 0.824 bits per heavy atom. The van der Waals surface area contributed by atoms with Gasteiger partial charge in [-0.2, -0.15) is 17.0 Å². The fourth-order valence-corrected chi connectivity index (χ4v) is 6.07. The zero-order valence-electron chi connectivity index (χ0n) is 19.7. The molecule has 2 aromatic carbocycles. The molecule has 2 saturated heterocycles. The molecule has 2 aromatic rings. The Balaban J connectivity index is 1.37. The van der Waals surface area contributed by atoms with E-state index in [4.69, 9.17) is 9.47 Å². The second-order valence-corrected chi connectivity index (χ2v) is 10.6. The molecule has 0 saturated carbocycles.